The molecule has 0 unspecified atom stereocenters. The van der Waals surface area contributed by atoms with Crippen LogP contribution < -0.4 is 11.1 Å². The van der Waals surface area contributed by atoms with Gasteiger partial charge in [0.15, 0.2) is 0 Å². The van der Waals surface area contributed by atoms with Crippen molar-refractivity contribution >= 4 is 33.9 Å². The molecule has 2 amide bonds. The number of fused-ring (bicyclic) bond motifs is 1. The Kier molecular flexibility index (Phi) is 3.17. The number of nitro benzene ring substituents is 2. The third-order valence-corrected chi connectivity index (χ3v) is 2.64. The molecule has 9 heteroatoms. The number of carbonyl (C=O) groups is 1. The third kappa shape index (κ3) is 2.19. The van der Waals surface area contributed by atoms with Crippen LogP contribution in [-0.2, 0) is 0 Å². The zero-order valence-electron chi connectivity index (χ0n) is 9.90. The molecule has 0 heterocycles. The molecule has 0 bridgehead atoms. The average Bonchev–Trinajstić information content (AvgIpc) is 2.37. The van der Waals surface area contributed by atoms with Gasteiger partial charge in [-0.25, -0.2) is 4.79 Å². The molecule has 0 fully saturated rings. The van der Waals surface area contributed by atoms with E-state index >= 15 is 0 Å². The molecule has 2 aromatic rings. The van der Waals surface area contributed by atoms with Crippen LogP contribution in [0.4, 0.5) is 21.9 Å². The second-order valence-electron chi connectivity index (χ2n) is 3.84. The third-order valence-electron chi connectivity index (χ3n) is 2.64. The van der Waals surface area contributed by atoms with Gasteiger partial charge in [0.2, 0.25) is 0 Å². The molecule has 2 rings (SSSR count). The highest BCUT2D eigenvalue weighted by Crippen LogP contribution is 2.39. The molecule has 0 aliphatic carbocycles. The van der Waals surface area contributed by atoms with Crippen LogP contribution in [-0.4, -0.2) is 15.9 Å². The van der Waals surface area contributed by atoms with Crippen molar-refractivity contribution in [1.29, 1.82) is 0 Å². The first-order valence-electron chi connectivity index (χ1n) is 5.33. The van der Waals surface area contributed by atoms with Crippen LogP contribution in [0.25, 0.3) is 10.8 Å². The second-order valence-corrected chi connectivity index (χ2v) is 3.84. The molecule has 102 valence electrons. The first-order chi connectivity index (χ1) is 9.41. The minimum absolute atomic E-state index is 0.163. The van der Waals surface area contributed by atoms with Gasteiger partial charge >= 0.3 is 6.03 Å². The molecule has 0 spiro atoms. The minimum Gasteiger partial charge on any atom is -0.351 e. The molecule has 0 saturated heterocycles. The standard InChI is InChI=1S/C11H8N4O5/c12-11(16)13-10-7-4-2-1-3-6(7)8(14(17)18)5-9(10)15(19)20/h1-5H,(H3,12,13,16). The number of anilines is 1. The minimum atomic E-state index is -0.993. The maximum absolute atomic E-state index is 11.0. The molecule has 2 aromatic carbocycles. The van der Waals surface area contributed by atoms with Gasteiger partial charge in [-0.3, -0.25) is 20.2 Å². The van der Waals surface area contributed by atoms with Crippen LogP contribution in [0.2, 0.25) is 0 Å². The van der Waals surface area contributed by atoms with Crippen molar-refractivity contribution < 1.29 is 14.6 Å². The lowest BCUT2D eigenvalue weighted by Gasteiger charge is -2.08. The van der Waals surface area contributed by atoms with Crippen molar-refractivity contribution in [3.05, 3.63) is 50.6 Å². The van der Waals surface area contributed by atoms with Gasteiger partial charge in [-0.2, -0.15) is 0 Å². The summed E-state index contributed by atoms with van der Waals surface area (Å²) in [6, 6.07) is 5.77. The Bertz CT molecular complexity index is 743. The number of nitrogens with one attached hydrogen (secondary N) is 1. The topological polar surface area (TPSA) is 141 Å². The van der Waals surface area contributed by atoms with Gasteiger partial charge in [-0.15, -0.1) is 0 Å². The maximum atomic E-state index is 11.0. The van der Waals surface area contributed by atoms with E-state index in [0.29, 0.717) is 0 Å². The Labute approximate surface area is 111 Å². The molecule has 0 aliphatic heterocycles. The molecule has 3 N–H and O–H groups in total. The van der Waals surface area contributed by atoms with Crippen LogP contribution in [0, 0.1) is 20.2 Å². The highest BCUT2D eigenvalue weighted by atomic mass is 16.6. The van der Waals surface area contributed by atoms with Crippen LogP contribution in [0.5, 0.6) is 0 Å². The van der Waals surface area contributed by atoms with Crippen LogP contribution >= 0.6 is 0 Å². The van der Waals surface area contributed by atoms with Crippen molar-refractivity contribution in [3.63, 3.8) is 0 Å². The molecular weight excluding hydrogens is 268 g/mol. The number of nitrogens with two attached hydrogens (primary N) is 1. The van der Waals surface area contributed by atoms with Crippen molar-refractivity contribution in [3.8, 4) is 0 Å². The van der Waals surface area contributed by atoms with E-state index in [-0.39, 0.29) is 16.5 Å². The number of amides is 2. The van der Waals surface area contributed by atoms with Crippen LogP contribution in [0.1, 0.15) is 0 Å². The quantitative estimate of drug-likeness (QED) is 0.652. The number of rotatable bonds is 3. The van der Waals surface area contributed by atoms with Gasteiger partial charge in [-0.05, 0) is 6.07 Å². The summed E-state index contributed by atoms with van der Waals surface area (Å²) in [6.07, 6.45) is 0. The summed E-state index contributed by atoms with van der Waals surface area (Å²) < 4.78 is 0. The van der Waals surface area contributed by atoms with Crippen molar-refractivity contribution in [2.75, 3.05) is 5.32 Å². The van der Waals surface area contributed by atoms with Gasteiger partial charge in [-0.1, -0.05) is 18.2 Å². The lowest BCUT2D eigenvalue weighted by Crippen LogP contribution is -2.20. The zero-order valence-corrected chi connectivity index (χ0v) is 9.90. The fourth-order valence-electron chi connectivity index (χ4n) is 1.89. The highest BCUT2D eigenvalue weighted by Gasteiger charge is 2.25. The molecule has 20 heavy (non-hydrogen) atoms. The molecule has 0 saturated carbocycles. The normalized spacial score (nSPS) is 10.2. The molecule has 0 atom stereocenters. The van der Waals surface area contributed by atoms with E-state index in [1.165, 1.54) is 12.1 Å². The van der Waals surface area contributed by atoms with E-state index in [1.54, 1.807) is 12.1 Å². The fourth-order valence-corrected chi connectivity index (χ4v) is 1.89. The predicted molar refractivity (Wildman–Crippen MR) is 70.5 cm³/mol. The van der Waals surface area contributed by atoms with E-state index in [4.69, 9.17) is 5.73 Å². The number of nitro groups is 2. The van der Waals surface area contributed by atoms with E-state index in [9.17, 15) is 25.0 Å². The van der Waals surface area contributed by atoms with E-state index in [0.717, 1.165) is 6.07 Å². The predicted octanol–water partition coefficient (Wildman–Crippen LogP) is 2.15. The largest absolute Gasteiger partial charge is 0.351 e. The molecule has 0 aliphatic rings. The number of benzene rings is 2. The Morgan fingerprint density at radius 1 is 1.05 bits per heavy atom. The van der Waals surface area contributed by atoms with Crippen LogP contribution in [0.3, 0.4) is 0 Å². The molecule has 9 nitrogen and oxygen atoms in total. The first kappa shape index (κ1) is 13.2. The monoisotopic (exact) mass is 276 g/mol. The Morgan fingerprint density at radius 3 is 2.10 bits per heavy atom. The summed E-state index contributed by atoms with van der Waals surface area (Å²) in [4.78, 5) is 31.4. The number of hydrogen-bond acceptors (Lipinski definition) is 5. The van der Waals surface area contributed by atoms with Gasteiger partial charge in [0.05, 0.1) is 21.3 Å². The number of carbonyl (C=O) groups excluding carboxylic acids is 1. The summed E-state index contributed by atoms with van der Waals surface area (Å²) in [7, 11) is 0. The number of hydrogen-bond donors (Lipinski definition) is 2. The number of urea groups is 1. The lowest BCUT2D eigenvalue weighted by atomic mass is 10.1. The molecule has 0 radical (unpaired) electrons. The first-order valence-corrected chi connectivity index (χ1v) is 5.33. The van der Waals surface area contributed by atoms with Crippen molar-refractivity contribution in [2.45, 2.75) is 0 Å². The molecule has 0 aromatic heterocycles. The smallest absolute Gasteiger partial charge is 0.316 e. The summed E-state index contributed by atoms with van der Waals surface area (Å²) in [5.41, 5.74) is 3.81. The number of non-ortho nitro benzene ring substituents is 1. The van der Waals surface area contributed by atoms with Crippen LogP contribution in [0.15, 0.2) is 30.3 Å². The highest BCUT2D eigenvalue weighted by molar-refractivity contribution is 6.08. The Morgan fingerprint density at radius 2 is 1.60 bits per heavy atom. The summed E-state index contributed by atoms with van der Waals surface area (Å²) in [6.45, 7) is 0. The Hall–Kier alpha value is -3.23. The fraction of sp³-hybridized carbons (Fsp3) is 0. The van der Waals surface area contributed by atoms with Crippen molar-refractivity contribution in [2.24, 2.45) is 5.73 Å². The molecular formula is C11H8N4O5. The second kappa shape index (κ2) is 4.80. The Balaban J connectivity index is 2.90. The van der Waals surface area contributed by atoms with E-state index in [2.05, 4.69) is 5.32 Å². The van der Waals surface area contributed by atoms with Crippen molar-refractivity contribution in [1.82, 2.24) is 0 Å². The number of primary amides is 1. The summed E-state index contributed by atoms with van der Waals surface area (Å²) in [5, 5.41) is 24.5. The average molecular weight is 276 g/mol. The zero-order chi connectivity index (χ0) is 14.9. The lowest BCUT2D eigenvalue weighted by molar-refractivity contribution is -0.392. The number of nitrogens with zero attached hydrogens (tertiary/aromatic N) is 2. The summed E-state index contributed by atoms with van der Waals surface area (Å²) in [5.74, 6) is 0. The van der Waals surface area contributed by atoms with E-state index in [1.807, 2.05) is 0 Å². The van der Waals surface area contributed by atoms with Gasteiger partial charge in [0.25, 0.3) is 11.4 Å². The van der Waals surface area contributed by atoms with E-state index < -0.39 is 27.3 Å². The maximum Gasteiger partial charge on any atom is 0.316 e. The van der Waals surface area contributed by atoms with Gasteiger partial charge in [0, 0.05) is 5.39 Å². The van der Waals surface area contributed by atoms with Gasteiger partial charge < -0.3 is 11.1 Å². The van der Waals surface area contributed by atoms with Gasteiger partial charge in [0.1, 0.15) is 5.69 Å². The summed E-state index contributed by atoms with van der Waals surface area (Å²) >= 11 is 0. The SMILES string of the molecule is NC(=O)Nc1c([N+](=O)[O-])cc([N+](=O)[O-])c2ccccc12.